The fourth-order valence-corrected chi connectivity index (χ4v) is 5.23. The van der Waals surface area contributed by atoms with Crippen LogP contribution in [-0.2, 0) is 31.3 Å². The van der Waals surface area contributed by atoms with Crippen LogP contribution in [0.5, 0.6) is 0 Å². The van der Waals surface area contributed by atoms with E-state index in [2.05, 4.69) is 23.8 Å². The molecule has 3 N–H and O–H groups in total. The summed E-state index contributed by atoms with van der Waals surface area (Å²) >= 11 is 1.64. The summed E-state index contributed by atoms with van der Waals surface area (Å²) < 4.78 is 5.51. The second-order valence-electron chi connectivity index (χ2n) is 9.99. The molecule has 8 heteroatoms. The van der Waals surface area contributed by atoms with Crippen molar-refractivity contribution in [2.75, 3.05) is 19.0 Å². The Morgan fingerprint density at radius 3 is 2.22 bits per heavy atom. The van der Waals surface area contributed by atoms with Crippen molar-refractivity contribution in [2.45, 2.75) is 62.8 Å². The van der Waals surface area contributed by atoms with Crippen molar-refractivity contribution >= 4 is 29.5 Å². The van der Waals surface area contributed by atoms with E-state index in [1.165, 1.54) is 0 Å². The van der Waals surface area contributed by atoms with Gasteiger partial charge < -0.3 is 20.5 Å². The van der Waals surface area contributed by atoms with Gasteiger partial charge in [0, 0.05) is 24.3 Å². The molecule has 0 unspecified atom stereocenters. The first-order chi connectivity index (χ1) is 19.9. The zero-order valence-electron chi connectivity index (χ0n) is 23.8. The molecule has 0 spiro atoms. The lowest BCUT2D eigenvalue weighted by atomic mass is 9.98. The largest absolute Gasteiger partial charge is 0.463 e. The zero-order valence-corrected chi connectivity index (χ0v) is 24.7. The molecule has 0 aliphatic rings. The minimum atomic E-state index is -0.639. The molecule has 0 aliphatic heterocycles. The third-order valence-corrected chi connectivity index (χ3v) is 7.60. The number of carbonyl (C=O) groups excluding carboxylic acids is 3. The molecule has 0 aromatic heterocycles. The molecule has 0 saturated carbocycles. The van der Waals surface area contributed by atoms with Crippen LogP contribution in [0.3, 0.4) is 0 Å². The minimum absolute atomic E-state index is 0.0455. The second-order valence-corrected chi connectivity index (χ2v) is 11.0. The van der Waals surface area contributed by atoms with Crippen LogP contribution < -0.4 is 10.6 Å². The van der Waals surface area contributed by atoms with Crippen molar-refractivity contribution in [1.82, 2.24) is 10.6 Å². The van der Waals surface area contributed by atoms with E-state index in [4.69, 9.17) is 4.74 Å². The predicted molar refractivity (Wildman–Crippen MR) is 166 cm³/mol. The number of hydrogen-bond donors (Lipinski definition) is 3. The highest BCUT2D eigenvalue weighted by atomic mass is 32.2. The highest BCUT2D eigenvalue weighted by molar-refractivity contribution is 7.98. The number of carbonyl (C=O) groups is 3. The van der Waals surface area contributed by atoms with E-state index in [1.807, 2.05) is 66.7 Å². The maximum atomic E-state index is 13.3. The Kier molecular flexibility index (Phi) is 16.9. The summed E-state index contributed by atoms with van der Waals surface area (Å²) in [7, 11) is 0. The first kappa shape index (κ1) is 33.8. The Morgan fingerprint density at radius 1 is 0.902 bits per heavy atom. The summed E-state index contributed by atoms with van der Waals surface area (Å²) in [5.74, 6) is -0.248. The standard InChI is InChI=1S/C33H44N2O5S/c1-3-5-6-13-19-32(38)40-23-30(25-41-24-27-17-11-8-12-18-27)35-33(39)28(14-4-2)21-31(37)34-29(22-36)20-26-15-9-7-10-16-26/h3-4,7-12,15-18,28-30,36H,1-2,5-6,13-14,19-25H2,(H,34,37)(H,35,39)/t28-,29-,30-/m1/s1. The summed E-state index contributed by atoms with van der Waals surface area (Å²) in [5, 5.41) is 15.6. The molecule has 2 aromatic carbocycles. The van der Waals surface area contributed by atoms with E-state index < -0.39 is 18.0 Å². The molecule has 3 atom stereocenters. The number of rotatable bonds is 21. The van der Waals surface area contributed by atoms with E-state index in [1.54, 1.807) is 17.8 Å². The van der Waals surface area contributed by atoms with E-state index in [0.29, 0.717) is 25.0 Å². The third-order valence-electron chi connectivity index (χ3n) is 6.43. The van der Waals surface area contributed by atoms with E-state index in [0.717, 1.165) is 36.1 Å². The number of ether oxygens (including phenoxy) is 1. The Labute approximate surface area is 248 Å². The number of amides is 2. The number of hydrogen-bond acceptors (Lipinski definition) is 6. The minimum Gasteiger partial charge on any atom is -0.463 e. The Morgan fingerprint density at radius 2 is 1.59 bits per heavy atom. The van der Waals surface area contributed by atoms with Crippen LogP contribution in [-0.4, -0.2) is 53.9 Å². The van der Waals surface area contributed by atoms with Gasteiger partial charge in [-0.05, 0) is 43.2 Å². The molecule has 0 saturated heterocycles. The smallest absolute Gasteiger partial charge is 0.305 e. The van der Waals surface area contributed by atoms with E-state index >= 15 is 0 Å². The Bertz CT molecular complexity index is 1060. The van der Waals surface area contributed by atoms with Gasteiger partial charge in [-0.2, -0.15) is 11.8 Å². The third kappa shape index (κ3) is 14.7. The lowest BCUT2D eigenvalue weighted by Crippen LogP contribution is -2.45. The molecule has 7 nitrogen and oxygen atoms in total. The number of benzene rings is 2. The summed E-state index contributed by atoms with van der Waals surface area (Å²) in [4.78, 5) is 38.4. The van der Waals surface area contributed by atoms with Crippen LogP contribution in [0.1, 0.15) is 49.7 Å². The van der Waals surface area contributed by atoms with Crippen LogP contribution in [0, 0.1) is 5.92 Å². The molecule has 0 radical (unpaired) electrons. The zero-order chi connectivity index (χ0) is 29.7. The van der Waals surface area contributed by atoms with Crippen LogP contribution in [0.25, 0.3) is 0 Å². The number of allylic oxidation sites excluding steroid dienone is 2. The molecule has 0 heterocycles. The van der Waals surface area contributed by atoms with Crippen LogP contribution >= 0.6 is 11.8 Å². The van der Waals surface area contributed by atoms with Gasteiger partial charge in [0.15, 0.2) is 0 Å². The van der Waals surface area contributed by atoms with Crippen molar-refractivity contribution in [1.29, 1.82) is 0 Å². The van der Waals surface area contributed by atoms with Crippen LogP contribution in [0.2, 0.25) is 0 Å². The molecular weight excluding hydrogens is 536 g/mol. The summed E-state index contributed by atoms with van der Waals surface area (Å²) in [6.45, 7) is 7.30. The Hall–Kier alpha value is -3.36. The molecule has 2 amide bonds. The van der Waals surface area contributed by atoms with Crippen molar-refractivity contribution in [3.05, 3.63) is 97.1 Å². The van der Waals surface area contributed by atoms with Crippen molar-refractivity contribution in [3.63, 3.8) is 0 Å². The molecule has 2 rings (SSSR count). The molecule has 41 heavy (non-hydrogen) atoms. The average molecular weight is 581 g/mol. The maximum Gasteiger partial charge on any atom is 0.305 e. The maximum absolute atomic E-state index is 13.3. The highest BCUT2D eigenvalue weighted by Gasteiger charge is 2.25. The van der Waals surface area contributed by atoms with Crippen LogP contribution in [0.4, 0.5) is 0 Å². The Balaban J connectivity index is 1.96. The number of aliphatic hydroxyl groups excluding tert-OH is 1. The van der Waals surface area contributed by atoms with Gasteiger partial charge in [0.05, 0.1) is 24.6 Å². The van der Waals surface area contributed by atoms with Gasteiger partial charge in [-0.15, -0.1) is 13.2 Å². The molecule has 222 valence electrons. The SMILES string of the molecule is C=CCCCCC(=O)OC[C@H](CSCc1ccccc1)NC(=O)[C@H](CC=C)CC(=O)N[C@@H](CO)Cc1ccccc1. The van der Waals surface area contributed by atoms with Crippen molar-refractivity contribution in [3.8, 4) is 0 Å². The second kappa shape index (κ2) is 20.5. The number of thioether (sulfide) groups is 1. The average Bonchev–Trinajstić information content (AvgIpc) is 2.98. The van der Waals surface area contributed by atoms with E-state index in [9.17, 15) is 19.5 Å². The predicted octanol–water partition coefficient (Wildman–Crippen LogP) is 5.00. The van der Waals surface area contributed by atoms with Crippen LogP contribution in [0.15, 0.2) is 86.0 Å². The van der Waals surface area contributed by atoms with Crippen molar-refractivity contribution < 1.29 is 24.2 Å². The summed E-state index contributed by atoms with van der Waals surface area (Å²) in [6.07, 6.45) is 6.97. The quantitative estimate of drug-likeness (QED) is 0.109. The van der Waals surface area contributed by atoms with Gasteiger partial charge >= 0.3 is 5.97 Å². The number of esters is 1. The van der Waals surface area contributed by atoms with Gasteiger partial charge in [-0.3, -0.25) is 14.4 Å². The fraction of sp³-hybridized carbons (Fsp3) is 0.424. The number of unbranched alkanes of at least 4 members (excludes halogenated alkanes) is 2. The fourth-order valence-electron chi connectivity index (χ4n) is 4.22. The molecule has 0 bridgehead atoms. The van der Waals surface area contributed by atoms with Gasteiger partial charge in [-0.25, -0.2) is 0 Å². The number of nitrogens with one attached hydrogen (secondary N) is 2. The summed E-state index contributed by atoms with van der Waals surface area (Å²) in [6, 6.07) is 18.7. The topological polar surface area (TPSA) is 105 Å². The molecule has 2 aromatic rings. The summed E-state index contributed by atoms with van der Waals surface area (Å²) in [5.41, 5.74) is 2.16. The van der Waals surface area contributed by atoms with E-state index in [-0.39, 0.29) is 37.4 Å². The van der Waals surface area contributed by atoms with Gasteiger partial charge in [0.1, 0.15) is 6.61 Å². The van der Waals surface area contributed by atoms with Crippen molar-refractivity contribution in [2.24, 2.45) is 5.92 Å². The first-order valence-corrected chi connectivity index (χ1v) is 15.3. The number of aliphatic hydroxyl groups is 1. The van der Waals surface area contributed by atoms with Gasteiger partial charge in [0.2, 0.25) is 11.8 Å². The molecule has 0 fully saturated rings. The lowest BCUT2D eigenvalue weighted by Gasteiger charge is -2.23. The molecular formula is C33H44N2O5S. The normalized spacial score (nSPS) is 12.9. The lowest BCUT2D eigenvalue weighted by molar-refractivity contribution is -0.145. The highest BCUT2D eigenvalue weighted by Crippen LogP contribution is 2.16. The monoisotopic (exact) mass is 580 g/mol. The first-order valence-electron chi connectivity index (χ1n) is 14.2. The van der Waals surface area contributed by atoms with Gasteiger partial charge in [-0.1, -0.05) is 72.8 Å². The molecule has 0 aliphatic carbocycles. The van der Waals surface area contributed by atoms with Gasteiger partial charge in [0.25, 0.3) is 0 Å².